The van der Waals surface area contributed by atoms with Crippen LogP contribution in [0.3, 0.4) is 0 Å². The number of hydrogen-bond acceptors (Lipinski definition) is 4. The molecule has 0 aliphatic heterocycles. The molecular formula is C21H21N3O3. The van der Waals surface area contributed by atoms with Gasteiger partial charge in [0.1, 0.15) is 11.6 Å². The predicted octanol–water partition coefficient (Wildman–Crippen LogP) is 3.45. The topological polar surface area (TPSA) is 102 Å². The lowest BCUT2D eigenvalue weighted by atomic mass is 10.0. The maximum Gasteiger partial charge on any atom is 0.335 e. The Balaban J connectivity index is 2.04. The number of benzene rings is 2. The van der Waals surface area contributed by atoms with E-state index in [4.69, 9.17) is 5.11 Å². The minimum Gasteiger partial charge on any atom is -0.478 e. The quantitative estimate of drug-likeness (QED) is 0.539. The van der Waals surface area contributed by atoms with Crippen molar-refractivity contribution < 1.29 is 14.7 Å². The summed E-state index contributed by atoms with van der Waals surface area (Å²) in [4.78, 5) is 23.2. The van der Waals surface area contributed by atoms with E-state index in [0.717, 1.165) is 22.3 Å². The molecule has 6 heteroatoms. The number of hydrogen-bond donors (Lipinski definition) is 3. The highest BCUT2D eigenvalue weighted by Gasteiger charge is 2.12. The van der Waals surface area contributed by atoms with Crippen LogP contribution in [0, 0.1) is 32.1 Å². The van der Waals surface area contributed by atoms with Gasteiger partial charge in [0.05, 0.1) is 5.56 Å². The van der Waals surface area contributed by atoms with Gasteiger partial charge in [0, 0.05) is 18.4 Å². The number of carboxylic acid groups (broad SMARTS) is 1. The van der Waals surface area contributed by atoms with Crippen molar-refractivity contribution >= 4 is 17.6 Å². The Morgan fingerprint density at radius 1 is 1.11 bits per heavy atom. The predicted molar refractivity (Wildman–Crippen MR) is 103 cm³/mol. The van der Waals surface area contributed by atoms with Crippen molar-refractivity contribution in [2.24, 2.45) is 0 Å². The average Bonchev–Trinajstić information content (AvgIpc) is 2.62. The zero-order valence-electron chi connectivity index (χ0n) is 15.5. The van der Waals surface area contributed by atoms with Crippen LogP contribution in [0.2, 0.25) is 0 Å². The standard InChI is InChI=1S/C21H21N3O3/c1-13-8-14(2)19(15(3)9-13)24-20(25)18(10-22)12-23-11-16-4-6-17(7-5-16)21(26)27/h4-9,12,23H,11H2,1-3H3,(H,24,25)(H,26,27)/b18-12-. The normalized spacial score (nSPS) is 10.8. The van der Waals surface area contributed by atoms with Crippen molar-refractivity contribution in [2.75, 3.05) is 5.32 Å². The van der Waals surface area contributed by atoms with Crippen LogP contribution in [0.5, 0.6) is 0 Å². The van der Waals surface area contributed by atoms with Crippen LogP contribution in [0.4, 0.5) is 5.69 Å². The van der Waals surface area contributed by atoms with Crippen molar-refractivity contribution in [1.82, 2.24) is 5.32 Å². The number of amides is 1. The summed E-state index contributed by atoms with van der Waals surface area (Å²) in [6.07, 6.45) is 1.36. The van der Waals surface area contributed by atoms with Gasteiger partial charge in [-0.25, -0.2) is 4.79 Å². The number of nitrogens with one attached hydrogen (secondary N) is 2. The number of carbonyl (C=O) groups excluding carboxylic acids is 1. The zero-order valence-corrected chi connectivity index (χ0v) is 15.5. The Kier molecular flexibility index (Phi) is 6.34. The summed E-state index contributed by atoms with van der Waals surface area (Å²) in [6, 6.07) is 12.2. The highest BCUT2D eigenvalue weighted by atomic mass is 16.4. The molecule has 3 N–H and O–H groups in total. The molecule has 1 amide bonds. The molecule has 2 rings (SSSR count). The molecule has 0 spiro atoms. The second-order valence-corrected chi connectivity index (χ2v) is 6.28. The minimum atomic E-state index is -0.987. The van der Waals surface area contributed by atoms with E-state index in [0.29, 0.717) is 12.2 Å². The molecule has 27 heavy (non-hydrogen) atoms. The fourth-order valence-corrected chi connectivity index (χ4v) is 2.74. The molecule has 2 aromatic rings. The van der Waals surface area contributed by atoms with Crippen LogP contribution < -0.4 is 10.6 Å². The van der Waals surface area contributed by atoms with Gasteiger partial charge in [-0.2, -0.15) is 5.26 Å². The molecule has 0 aliphatic carbocycles. The van der Waals surface area contributed by atoms with Crippen molar-refractivity contribution in [3.8, 4) is 6.07 Å². The monoisotopic (exact) mass is 363 g/mol. The molecule has 0 heterocycles. The van der Waals surface area contributed by atoms with Gasteiger partial charge in [-0.3, -0.25) is 4.79 Å². The van der Waals surface area contributed by atoms with E-state index in [2.05, 4.69) is 10.6 Å². The van der Waals surface area contributed by atoms with Crippen molar-refractivity contribution in [3.05, 3.63) is 76.0 Å². The fourth-order valence-electron chi connectivity index (χ4n) is 2.74. The summed E-state index contributed by atoms with van der Waals surface area (Å²) in [6.45, 7) is 6.16. The van der Waals surface area contributed by atoms with E-state index in [1.54, 1.807) is 12.1 Å². The molecule has 2 aromatic carbocycles. The van der Waals surface area contributed by atoms with Crippen LogP contribution in [0.25, 0.3) is 0 Å². The first kappa shape index (κ1) is 19.7. The second kappa shape index (κ2) is 8.68. The van der Waals surface area contributed by atoms with E-state index in [9.17, 15) is 14.9 Å². The number of carbonyl (C=O) groups is 2. The molecular weight excluding hydrogens is 342 g/mol. The summed E-state index contributed by atoms with van der Waals surface area (Å²) < 4.78 is 0. The summed E-state index contributed by atoms with van der Waals surface area (Å²) in [7, 11) is 0. The maximum absolute atomic E-state index is 12.4. The Morgan fingerprint density at radius 3 is 2.22 bits per heavy atom. The van der Waals surface area contributed by atoms with Crippen LogP contribution >= 0.6 is 0 Å². The van der Waals surface area contributed by atoms with Crippen molar-refractivity contribution in [3.63, 3.8) is 0 Å². The molecule has 0 bridgehead atoms. The molecule has 0 aliphatic rings. The minimum absolute atomic E-state index is 0.0449. The second-order valence-electron chi connectivity index (χ2n) is 6.28. The van der Waals surface area contributed by atoms with E-state index >= 15 is 0 Å². The molecule has 0 unspecified atom stereocenters. The summed E-state index contributed by atoms with van der Waals surface area (Å²) >= 11 is 0. The molecule has 0 saturated heterocycles. The van der Waals surface area contributed by atoms with Gasteiger partial charge in [0.25, 0.3) is 5.91 Å². The highest BCUT2D eigenvalue weighted by Crippen LogP contribution is 2.22. The smallest absolute Gasteiger partial charge is 0.335 e. The third-order valence-corrected chi connectivity index (χ3v) is 4.03. The molecule has 0 radical (unpaired) electrons. The number of nitrogens with zero attached hydrogens (tertiary/aromatic N) is 1. The van der Waals surface area contributed by atoms with Crippen molar-refractivity contribution in [1.29, 1.82) is 5.26 Å². The number of anilines is 1. The molecule has 0 atom stereocenters. The van der Waals surface area contributed by atoms with Crippen molar-refractivity contribution in [2.45, 2.75) is 27.3 Å². The zero-order chi connectivity index (χ0) is 20.0. The number of nitriles is 1. The van der Waals surface area contributed by atoms with Crippen LogP contribution in [0.1, 0.15) is 32.6 Å². The number of rotatable bonds is 6. The lowest BCUT2D eigenvalue weighted by Crippen LogP contribution is -2.18. The van der Waals surface area contributed by atoms with E-state index < -0.39 is 11.9 Å². The van der Waals surface area contributed by atoms with Crippen LogP contribution in [-0.4, -0.2) is 17.0 Å². The average molecular weight is 363 g/mol. The lowest BCUT2D eigenvalue weighted by Gasteiger charge is -2.12. The third kappa shape index (κ3) is 5.19. The fraction of sp³-hybridized carbons (Fsp3) is 0.190. The SMILES string of the molecule is Cc1cc(C)c(NC(=O)/C(C#N)=C\NCc2ccc(C(=O)O)cc2)c(C)c1. The van der Waals surface area contributed by atoms with Gasteiger partial charge in [-0.05, 0) is 49.6 Å². The van der Waals surface area contributed by atoms with E-state index in [-0.39, 0.29) is 11.1 Å². The van der Waals surface area contributed by atoms with Crippen LogP contribution in [0.15, 0.2) is 48.2 Å². The van der Waals surface area contributed by atoms with Crippen LogP contribution in [-0.2, 0) is 11.3 Å². The maximum atomic E-state index is 12.4. The summed E-state index contributed by atoms with van der Waals surface area (Å²) in [5.74, 6) is -1.47. The molecule has 0 saturated carbocycles. The highest BCUT2D eigenvalue weighted by molar-refractivity contribution is 6.07. The van der Waals surface area contributed by atoms with Gasteiger partial charge in [-0.15, -0.1) is 0 Å². The molecule has 138 valence electrons. The van der Waals surface area contributed by atoms with E-state index in [1.165, 1.54) is 18.3 Å². The third-order valence-electron chi connectivity index (χ3n) is 4.03. The molecule has 0 fully saturated rings. The summed E-state index contributed by atoms with van der Waals surface area (Å²) in [5, 5.41) is 23.9. The van der Waals surface area contributed by atoms with Gasteiger partial charge < -0.3 is 15.7 Å². The van der Waals surface area contributed by atoms with Gasteiger partial charge in [-0.1, -0.05) is 29.8 Å². The Bertz CT molecular complexity index is 915. The number of carboxylic acids is 1. The Labute approximate surface area is 158 Å². The van der Waals surface area contributed by atoms with Gasteiger partial charge in [0.2, 0.25) is 0 Å². The first-order chi connectivity index (χ1) is 12.8. The first-order valence-electron chi connectivity index (χ1n) is 8.37. The molecule has 6 nitrogen and oxygen atoms in total. The van der Waals surface area contributed by atoms with E-state index in [1.807, 2.05) is 39.0 Å². The van der Waals surface area contributed by atoms with Gasteiger partial charge in [0.15, 0.2) is 0 Å². The largest absolute Gasteiger partial charge is 0.478 e. The molecule has 0 aromatic heterocycles. The Hall–Kier alpha value is -3.59. The number of aromatic carboxylic acids is 1. The lowest BCUT2D eigenvalue weighted by molar-refractivity contribution is -0.112. The number of aryl methyl sites for hydroxylation is 3. The van der Waals surface area contributed by atoms with Gasteiger partial charge >= 0.3 is 5.97 Å². The first-order valence-corrected chi connectivity index (χ1v) is 8.37. The Morgan fingerprint density at radius 2 is 1.70 bits per heavy atom. The summed E-state index contributed by atoms with van der Waals surface area (Å²) in [5.41, 5.74) is 4.67.